The van der Waals surface area contributed by atoms with Gasteiger partial charge in [0.25, 0.3) is 5.91 Å². The van der Waals surface area contributed by atoms with Gasteiger partial charge in [0.05, 0.1) is 5.01 Å². The van der Waals surface area contributed by atoms with E-state index in [1.54, 1.807) is 12.4 Å². The lowest BCUT2D eigenvalue weighted by atomic mass is 9.78. The van der Waals surface area contributed by atoms with E-state index in [9.17, 15) is 4.79 Å². The molecule has 2 aromatic heterocycles. The molecule has 0 saturated carbocycles. The van der Waals surface area contributed by atoms with Gasteiger partial charge in [-0.3, -0.25) is 4.79 Å². The van der Waals surface area contributed by atoms with E-state index in [-0.39, 0.29) is 5.91 Å². The number of piperidine rings is 1. The molecule has 2 aromatic rings. The third kappa shape index (κ3) is 2.88. The van der Waals surface area contributed by atoms with Crippen molar-refractivity contribution in [3.63, 3.8) is 0 Å². The second-order valence-electron chi connectivity index (χ2n) is 6.76. The van der Waals surface area contributed by atoms with Crippen LogP contribution in [0.2, 0.25) is 0 Å². The summed E-state index contributed by atoms with van der Waals surface area (Å²) in [5, 5.41) is 2.81. The predicted octanol–water partition coefficient (Wildman–Crippen LogP) is 2.37. The van der Waals surface area contributed by atoms with Gasteiger partial charge in [-0.2, -0.15) is 0 Å². The number of carbonyl (C=O) groups is 1. The third-order valence-electron chi connectivity index (χ3n) is 5.22. The first kappa shape index (κ1) is 15.5. The molecule has 2 fully saturated rings. The van der Waals surface area contributed by atoms with E-state index in [0.717, 1.165) is 56.4 Å². The van der Waals surface area contributed by atoms with Crippen molar-refractivity contribution in [2.45, 2.75) is 26.2 Å². The highest BCUT2D eigenvalue weighted by Crippen LogP contribution is 2.41. The molecule has 0 atom stereocenters. The van der Waals surface area contributed by atoms with Gasteiger partial charge in [0.2, 0.25) is 5.95 Å². The van der Waals surface area contributed by atoms with Crippen LogP contribution in [-0.4, -0.2) is 51.9 Å². The number of likely N-dealkylation sites (tertiary alicyclic amines) is 1. The summed E-state index contributed by atoms with van der Waals surface area (Å²) in [7, 11) is 0. The summed E-state index contributed by atoms with van der Waals surface area (Å²) in [5.74, 6) is 0.904. The number of carbonyl (C=O) groups excluding carboxylic acids is 1. The molecule has 7 heteroatoms. The van der Waals surface area contributed by atoms with E-state index >= 15 is 0 Å². The quantitative estimate of drug-likeness (QED) is 0.838. The largest absolute Gasteiger partial charge is 0.340 e. The number of aryl methyl sites for hydroxylation is 1. The van der Waals surface area contributed by atoms with Crippen LogP contribution in [0.4, 0.5) is 5.95 Å². The number of aromatic nitrogens is 3. The summed E-state index contributed by atoms with van der Waals surface area (Å²) in [6.45, 7) is 5.57. The molecule has 126 valence electrons. The Hall–Kier alpha value is -2.02. The second-order valence-corrected chi connectivity index (χ2v) is 7.83. The van der Waals surface area contributed by atoms with Crippen molar-refractivity contribution in [2.75, 3.05) is 31.1 Å². The van der Waals surface area contributed by atoms with Crippen molar-refractivity contribution >= 4 is 23.2 Å². The fourth-order valence-corrected chi connectivity index (χ4v) is 4.36. The van der Waals surface area contributed by atoms with Gasteiger partial charge < -0.3 is 9.80 Å². The minimum absolute atomic E-state index is 0.0791. The zero-order chi connectivity index (χ0) is 16.6. The Morgan fingerprint density at radius 2 is 1.88 bits per heavy atom. The molecule has 0 N–H and O–H groups in total. The first-order chi connectivity index (χ1) is 11.7. The van der Waals surface area contributed by atoms with E-state index in [4.69, 9.17) is 0 Å². The molecule has 2 saturated heterocycles. The Kier molecular flexibility index (Phi) is 3.96. The topological polar surface area (TPSA) is 62.2 Å². The van der Waals surface area contributed by atoms with E-state index in [1.807, 2.05) is 23.3 Å². The molecule has 0 radical (unpaired) electrons. The monoisotopic (exact) mass is 343 g/mol. The van der Waals surface area contributed by atoms with Gasteiger partial charge in [-0.05, 0) is 37.7 Å². The van der Waals surface area contributed by atoms with Crippen molar-refractivity contribution < 1.29 is 4.79 Å². The average molecular weight is 343 g/mol. The van der Waals surface area contributed by atoms with E-state index in [0.29, 0.717) is 11.1 Å². The molecule has 0 unspecified atom stereocenters. The molecule has 24 heavy (non-hydrogen) atoms. The summed E-state index contributed by atoms with van der Waals surface area (Å²) in [5.41, 5.74) is 0.896. The van der Waals surface area contributed by atoms with E-state index in [2.05, 4.69) is 19.9 Å². The molecule has 4 rings (SSSR count). The van der Waals surface area contributed by atoms with Gasteiger partial charge in [0.15, 0.2) is 0 Å². The zero-order valence-corrected chi connectivity index (χ0v) is 14.6. The van der Waals surface area contributed by atoms with Gasteiger partial charge in [-0.1, -0.05) is 0 Å². The van der Waals surface area contributed by atoms with Crippen LogP contribution in [0.5, 0.6) is 0 Å². The summed E-state index contributed by atoms with van der Waals surface area (Å²) in [6.07, 6.45) is 6.84. The normalized spacial score (nSPS) is 19.9. The standard InChI is InChI=1S/C17H21N5OS/c1-13-20-14(11-24-13)15(23)21-8-3-17(4-9-21)5-10-22(12-17)16-18-6-2-7-19-16/h2,6-7,11H,3-5,8-10,12H2,1H3. The highest BCUT2D eigenvalue weighted by Gasteiger charge is 2.42. The van der Waals surface area contributed by atoms with Gasteiger partial charge >= 0.3 is 0 Å². The van der Waals surface area contributed by atoms with Crippen molar-refractivity contribution in [3.8, 4) is 0 Å². The molecule has 1 spiro atoms. The predicted molar refractivity (Wildman–Crippen MR) is 93.3 cm³/mol. The maximum Gasteiger partial charge on any atom is 0.273 e. The van der Waals surface area contributed by atoms with Crippen LogP contribution in [0.1, 0.15) is 34.8 Å². The SMILES string of the molecule is Cc1nc(C(=O)N2CCC3(CC2)CCN(c2ncccn2)C3)cs1. The van der Waals surface area contributed by atoms with Crippen LogP contribution in [0, 0.1) is 12.3 Å². The molecule has 0 bridgehead atoms. The van der Waals surface area contributed by atoms with Crippen LogP contribution >= 0.6 is 11.3 Å². The molecule has 6 nitrogen and oxygen atoms in total. The van der Waals surface area contributed by atoms with E-state index < -0.39 is 0 Å². The van der Waals surface area contributed by atoms with Crippen LogP contribution in [0.3, 0.4) is 0 Å². The fourth-order valence-electron chi connectivity index (χ4n) is 3.78. The summed E-state index contributed by atoms with van der Waals surface area (Å²) >= 11 is 1.53. The number of anilines is 1. The Bertz CT molecular complexity index is 724. The number of hydrogen-bond donors (Lipinski definition) is 0. The second kappa shape index (κ2) is 6.12. The van der Waals surface area contributed by atoms with Gasteiger partial charge in [-0.15, -0.1) is 11.3 Å². The smallest absolute Gasteiger partial charge is 0.273 e. The number of hydrogen-bond acceptors (Lipinski definition) is 6. The lowest BCUT2D eigenvalue weighted by molar-refractivity contribution is 0.0605. The molecule has 0 aliphatic carbocycles. The molecule has 2 aliphatic heterocycles. The Morgan fingerprint density at radius 3 is 2.54 bits per heavy atom. The van der Waals surface area contributed by atoms with Crippen molar-refractivity contribution in [1.29, 1.82) is 0 Å². The molecule has 0 aromatic carbocycles. The van der Waals surface area contributed by atoms with Crippen LogP contribution in [0.15, 0.2) is 23.8 Å². The minimum Gasteiger partial charge on any atom is -0.340 e. The Labute approximate surface area is 145 Å². The molecule has 1 amide bonds. The minimum atomic E-state index is 0.0791. The van der Waals surface area contributed by atoms with Crippen LogP contribution in [-0.2, 0) is 0 Å². The van der Waals surface area contributed by atoms with Crippen molar-refractivity contribution in [3.05, 3.63) is 34.5 Å². The van der Waals surface area contributed by atoms with Gasteiger partial charge in [0, 0.05) is 44.0 Å². The van der Waals surface area contributed by atoms with Gasteiger partial charge in [-0.25, -0.2) is 15.0 Å². The highest BCUT2D eigenvalue weighted by molar-refractivity contribution is 7.09. The van der Waals surface area contributed by atoms with Crippen molar-refractivity contribution in [2.24, 2.45) is 5.41 Å². The average Bonchev–Trinajstić information content (AvgIpc) is 3.23. The Morgan fingerprint density at radius 1 is 1.17 bits per heavy atom. The lowest BCUT2D eigenvalue weighted by Crippen LogP contribution is -2.44. The maximum atomic E-state index is 12.5. The summed E-state index contributed by atoms with van der Waals surface area (Å²) < 4.78 is 0. The van der Waals surface area contributed by atoms with Crippen LogP contribution < -0.4 is 4.90 Å². The zero-order valence-electron chi connectivity index (χ0n) is 13.8. The van der Waals surface area contributed by atoms with Crippen LogP contribution in [0.25, 0.3) is 0 Å². The highest BCUT2D eigenvalue weighted by atomic mass is 32.1. The molecule has 2 aliphatic rings. The fraction of sp³-hybridized carbons (Fsp3) is 0.529. The number of rotatable bonds is 2. The first-order valence-electron chi connectivity index (χ1n) is 8.39. The lowest BCUT2D eigenvalue weighted by Gasteiger charge is -2.39. The van der Waals surface area contributed by atoms with Gasteiger partial charge in [0.1, 0.15) is 5.69 Å². The summed E-state index contributed by atoms with van der Waals surface area (Å²) in [6, 6.07) is 1.85. The number of thiazole rings is 1. The van der Waals surface area contributed by atoms with Crippen molar-refractivity contribution in [1.82, 2.24) is 19.9 Å². The third-order valence-corrected chi connectivity index (χ3v) is 6.00. The van der Waals surface area contributed by atoms with E-state index in [1.165, 1.54) is 11.3 Å². The first-order valence-corrected chi connectivity index (χ1v) is 9.27. The molecule has 4 heterocycles. The maximum absolute atomic E-state index is 12.5. The molecular formula is C17H21N5OS. The summed E-state index contributed by atoms with van der Waals surface area (Å²) in [4.78, 5) is 29.8. The molecular weight excluding hydrogens is 322 g/mol. The number of nitrogens with zero attached hydrogens (tertiary/aromatic N) is 5. The number of amides is 1. The Balaban J connectivity index is 1.39.